The highest BCUT2D eigenvalue weighted by molar-refractivity contribution is 7.13. The van der Waals surface area contributed by atoms with Crippen molar-refractivity contribution in [1.29, 1.82) is 0 Å². The number of hydrogen-bond donors (Lipinski definition) is 1. The van der Waals surface area contributed by atoms with Gasteiger partial charge >= 0.3 is 11.1 Å². The maximum Gasteiger partial charge on any atom is 0.338 e. The number of thiazole rings is 1. The van der Waals surface area contributed by atoms with E-state index >= 15 is 0 Å². The smallest absolute Gasteiger partial charge is 0.338 e. The predicted molar refractivity (Wildman–Crippen MR) is 95.1 cm³/mol. The maximum absolute atomic E-state index is 12.0. The minimum atomic E-state index is -0.314. The first-order valence-corrected chi connectivity index (χ1v) is 8.54. The molecule has 24 heavy (non-hydrogen) atoms. The number of carbonyl (C=O) groups excluding carboxylic acids is 1. The molecule has 1 heterocycles. The molecule has 1 atom stereocenters. The van der Waals surface area contributed by atoms with E-state index in [9.17, 15) is 4.79 Å². The molecule has 4 nitrogen and oxygen atoms in total. The largest absolute Gasteiger partial charge is 0.465 e. The molecule has 1 unspecified atom stereocenters. The summed E-state index contributed by atoms with van der Waals surface area (Å²) in [5.41, 5.74) is 9.65. The highest BCUT2D eigenvalue weighted by atomic mass is 32.1. The van der Waals surface area contributed by atoms with Gasteiger partial charge in [-0.2, -0.15) is 0 Å². The molecule has 0 fully saturated rings. The number of anilines is 1. The summed E-state index contributed by atoms with van der Waals surface area (Å²) in [4.78, 5) is 15.3. The van der Waals surface area contributed by atoms with Crippen LogP contribution in [0.4, 0.5) is 5.13 Å². The van der Waals surface area contributed by atoms with Crippen LogP contribution in [0.2, 0.25) is 0 Å². The number of nitrogens with two attached hydrogens (primary N) is 1. The Labute approximate surface area is 144 Å². The molecule has 0 saturated heterocycles. The van der Waals surface area contributed by atoms with Crippen molar-refractivity contribution >= 4 is 22.4 Å². The van der Waals surface area contributed by atoms with Crippen molar-refractivity contribution < 1.29 is 14.5 Å². The van der Waals surface area contributed by atoms with Gasteiger partial charge in [0.1, 0.15) is 5.69 Å². The molecule has 3 N–H and O–H groups in total. The lowest BCUT2D eigenvalue weighted by atomic mass is 9.88. The van der Waals surface area contributed by atoms with Crippen molar-refractivity contribution in [3.05, 3.63) is 82.4 Å². The summed E-state index contributed by atoms with van der Waals surface area (Å²) < 4.78 is 4.91. The number of benzene rings is 2. The van der Waals surface area contributed by atoms with Gasteiger partial charge in [-0.15, -0.1) is 0 Å². The molecule has 3 rings (SSSR count). The number of ether oxygens (including phenoxy) is 1. The third-order valence-electron chi connectivity index (χ3n) is 4.00. The number of nitrogen functional groups attached to an aromatic ring is 1. The highest BCUT2D eigenvalue weighted by Gasteiger charge is 2.22. The number of aromatic amines is 1. The first-order chi connectivity index (χ1) is 11.7. The van der Waals surface area contributed by atoms with Gasteiger partial charge < -0.3 is 4.74 Å². The maximum atomic E-state index is 12.0. The van der Waals surface area contributed by atoms with Crippen LogP contribution in [-0.2, 0) is 11.2 Å². The van der Waals surface area contributed by atoms with Gasteiger partial charge in [-0.05, 0) is 23.6 Å². The Hall–Kier alpha value is -2.66. The number of methoxy groups -OCH3 is 1. The van der Waals surface area contributed by atoms with Crippen LogP contribution in [0, 0.1) is 0 Å². The summed E-state index contributed by atoms with van der Waals surface area (Å²) in [5.74, 6) is -0.225. The Morgan fingerprint density at radius 1 is 1.17 bits per heavy atom. The summed E-state index contributed by atoms with van der Waals surface area (Å²) in [7, 11) is 1.40. The van der Waals surface area contributed by atoms with E-state index in [4.69, 9.17) is 10.5 Å². The lowest BCUT2D eigenvalue weighted by Crippen LogP contribution is -2.18. The van der Waals surface area contributed by atoms with E-state index in [2.05, 4.69) is 17.1 Å². The summed E-state index contributed by atoms with van der Waals surface area (Å²) >= 11 is 1.48. The van der Waals surface area contributed by atoms with Gasteiger partial charge in [0.2, 0.25) is 0 Å². The second kappa shape index (κ2) is 7.27. The Balaban J connectivity index is 2.01. The second-order valence-electron chi connectivity index (χ2n) is 5.50. The summed E-state index contributed by atoms with van der Waals surface area (Å²) in [6, 6.07) is 17.8. The fourth-order valence-corrected chi connectivity index (χ4v) is 3.47. The molecule has 0 spiro atoms. The van der Waals surface area contributed by atoms with Crippen LogP contribution < -0.4 is 10.7 Å². The van der Waals surface area contributed by atoms with Gasteiger partial charge in [0, 0.05) is 5.38 Å². The van der Waals surface area contributed by atoms with Crippen LogP contribution in [0.1, 0.15) is 33.1 Å². The van der Waals surface area contributed by atoms with Gasteiger partial charge in [0.15, 0.2) is 0 Å². The molecule has 0 aliphatic heterocycles. The molecule has 0 amide bonds. The van der Waals surface area contributed by atoms with Crippen molar-refractivity contribution in [2.45, 2.75) is 12.3 Å². The Kier molecular flexibility index (Phi) is 4.91. The normalized spacial score (nSPS) is 11.9. The fourth-order valence-electron chi connectivity index (χ4n) is 2.82. The van der Waals surface area contributed by atoms with Crippen molar-refractivity contribution in [2.24, 2.45) is 0 Å². The molecule has 0 aliphatic rings. The van der Waals surface area contributed by atoms with E-state index in [0.29, 0.717) is 17.1 Å². The first kappa shape index (κ1) is 16.2. The average molecular weight is 339 g/mol. The predicted octanol–water partition coefficient (Wildman–Crippen LogP) is 3.31. The van der Waals surface area contributed by atoms with Crippen LogP contribution >= 0.6 is 11.3 Å². The van der Waals surface area contributed by atoms with Crippen LogP contribution in [0.25, 0.3) is 0 Å². The Morgan fingerprint density at radius 2 is 1.88 bits per heavy atom. The Bertz CT molecular complexity index is 830. The number of aromatic nitrogens is 1. The zero-order valence-electron chi connectivity index (χ0n) is 13.4. The average Bonchev–Trinajstić information content (AvgIpc) is 3.06. The Morgan fingerprint density at radius 3 is 2.54 bits per heavy atom. The molecular formula is C19H19N2O2S+. The molecule has 0 radical (unpaired) electrons. The van der Waals surface area contributed by atoms with Gasteiger partial charge in [-0.25, -0.2) is 9.78 Å². The van der Waals surface area contributed by atoms with E-state index in [1.807, 2.05) is 41.8 Å². The van der Waals surface area contributed by atoms with Crippen LogP contribution in [0.3, 0.4) is 0 Å². The number of H-pyrrole nitrogens is 1. The number of carbonyl (C=O) groups is 1. The van der Waals surface area contributed by atoms with Gasteiger partial charge in [-0.1, -0.05) is 59.9 Å². The zero-order chi connectivity index (χ0) is 16.9. The third-order valence-corrected chi connectivity index (χ3v) is 4.73. The quantitative estimate of drug-likeness (QED) is 0.725. The summed E-state index contributed by atoms with van der Waals surface area (Å²) in [6.07, 6.45) is 0.682. The van der Waals surface area contributed by atoms with E-state index in [1.165, 1.54) is 24.0 Å². The van der Waals surface area contributed by atoms with Crippen molar-refractivity contribution in [1.82, 2.24) is 0 Å². The third kappa shape index (κ3) is 3.46. The highest BCUT2D eigenvalue weighted by Crippen LogP contribution is 2.29. The molecule has 2 aromatic carbocycles. The summed E-state index contributed by atoms with van der Waals surface area (Å²) in [6.45, 7) is 0. The molecule has 5 heteroatoms. The van der Waals surface area contributed by atoms with E-state index in [-0.39, 0.29) is 11.9 Å². The first-order valence-electron chi connectivity index (χ1n) is 7.66. The minimum absolute atomic E-state index is 0.0885. The van der Waals surface area contributed by atoms with Crippen molar-refractivity contribution in [2.75, 3.05) is 12.8 Å². The van der Waals surface area contributed by atoms with Gasteiger partial charge in [0.25, 0.3) is 0 Å². The summed E-state index contributed by atoms with van der Waals surface area (Å²) in [5, 5.41) is 2.71. The number of rotatable bonds is 5. The van der Waals surface area contributed by atoms with E-state index in [1.54, 1.807) is 6.07 Å². The van der Waals surface area contributed by atoms with Crippen molar-refractivity contribution in [3.8, 4) is 0 Å². The van der Waals surface area contributed by atoms with Crippen LogP contribution in [0.15, 0.2) is 60.0 Å². The number of nitrogens with one attached hydrogen (secondary N) is 1. The molecule has 1 aromatic heterocycles. The fraction of sp³-hybridized carbons (Fsp3) is 0.158. The lowest BCUT2D eigenvalue weighted by molar-refractivity contribution is -0.368. The molecule has 3 aromatic rings. The number of esters is 1. The molecule has 0 saturated carbocycles. The zero-order valence-corrected chi connectivity index (χ0v) is 14.2. The topological polar surface area (TPSA) is 66.5 Å². The van der Waals surface area contributed by atoms with Crippen molar-refractivity contribution in [3.63, 3.8) is 0 Å². The van der Waals surface area contributed by atoms with E-state index in [0.717, 1.165) is 11.3 Å². The van der Waals surface area contributed by atoms with Gasteiger partial charge in [0.05, 0.1) is 18.6 Å². The van der Waals surface area contributed by atoms with Crippen LogP contribution in [0.5, 0.6) is 0 Å². The molecule has 122 valence electrons. The lowest BCUT2D eigenvalue weighted by Gasteiger charge is -2.16. The van der Waals surface area contributed by atoms with Gasteiger partial charge in [-0.3, -0.25) is 5.73 Å². The SMILES string of the molecule is COC(=O)c1ccccc1CC(c1ccccc1)c1csc(N)[nH+]1. The minimum Gasteiger partial charge on any atom is -0.465 e. The molecule has 0 bridgehead atoms. The van der Waals surface area contributed by atoms with Crippen LogP contribution in [-0.4, -0.2) is 13.1 Å². The standard InChI is InChI=1S/C19H18N2O2S/c1-23-18(22)15-10-6-5-9-14(15)11-16(13-7-3-2-4-8-13)17-12-24-19(20)21-17/h2-10,12,16H,11H2,1H3,(H2,20,21)/p+1. The molecular weight excluding hydrogens is 320 g/mol. The molecule has 0 aliphatic carbocycles. The number of hydrogen-bond acceptors (Lipinski definition) is 4. The second-order valence-corrected chi connectivity index (χ2v) is 6.41. The monoisotopic (exact) mass is 339 g/mol. The van der Waals surface area contributed by atoms with E-state index < -0.39 is 0 Å².